The van der Waals surface area contributed by atoms with E-state index in [1.54, 1.807) is 0 Å². The Kier molecular flexibility index (Phi) is 3.65. The lowest BCUT2D eigenvalue weighted by atomic mass is 10.2. The van der Waals surface area contributed by atoms with E-state index in [1.165, 1.54) is 12.0 Å². The minimum atomic E-state index is -0.953. The van der Waals surface area contributed by atoms with Gasteiger partial charge >= 0.3 is 17.8 Å². The van der Waals surface area contributed by atoms with Gasteiger partial charge in [0, 0.05) is 6.54 Å². The summed E-state index contributed by atoms with van der Waals surface area (Å²) in [5.74, 6) is -2.24. The molecule has 1 heterocycles. The van der Waals surface area contributed by atoms with Crippen LogP contribution < -0.4 is 0 Å². The molecule has 0 aromatic heterocycles. The van der Waals surface area contributed by atoms with Crippen LogP contribution >= 0.6 is 0 Å². The smallest absolute Gasteiger partial charge is 0.396 e. The highest BCUT2D eigenvalue weighted by molar-refractivity contribution is 6.32. The second-order valence-corrected chi connectivity index (χ2v) is 3.17. The lowest BCUT2D eigenvalue weighted by Gasteiger charge is -2.20. The van der Waals surface area contributed by atoms with Gasteiger partial charge in [0.2, 0.25) is 0 Å². The van der Waals surface area contributed by atoms with Gasteiger partial charge in [0.15, 0.2) is 0 Å². The number of carbonyl (C=O) groups excluding carboxylic acids is 3. The van der Waals surface area contributed by atoms with Gasteiger partial charge in [-0.15, -0.1) is 0 Å². The van der Waals surface area contributed by atoms with Crippen molar-refractivity contribution in [2.24, 2.45) is 0 Å². The number of amides is 1. The Bertz CT molecular complexity index is 288. The lowest BCUT2D eigenvalue weighted by Crippen LogP contribution is -2.44. The molecule has 0 spiro atoms. The van der Waals surface area contributed by atoms with Crippen molar-refractivity contribution in [1.29, 1.82) is 0 Å². The molecule has 0 unspecified atom stereocenters. The Morgan fingerprint density at radius 2 is 1.87 bits per heavy atom. The molecule has 1 amide bonds. The van der Waals surface area contributed by atoms with Crippen molar-refractivity contribution >= 4 is 17.8 Å². The number of nitrogens with zero attached hydrogens (tertiary/aromatic N) is 1. The topological polar surface area (TPSA) is 72.9 Å². The average molecular weight is 215 g/mol. The van der Waals surface area contributed by atoms with E-state index in [-0.39, 0.29) is 0 Å². The number of ether oxygens (including phenoxy) is 2. The van der Waals surface area contributed by atoms with Gasteiger partial charge in [0.25, 0.3) is 0 Å². The zero-order chi connectivity index (χ0) is 11.4. The SMILES string of the molecule is COC(=O)C(=O)N1CCC[C@@H]1C(=O)OC. The molecule has 0 aromatic carbocycles. The zero-order valence-corrected chi connectivity index (χ0v) is 8.69. The molecule has 1 aliphatic rings. The third-order valence-corrected chi connectivity index (χ3v) is 2.35. The van der Waals surface area contributed by atoms with Crippen molar-refractivity contribution in [3.05, 3.63) is 0 Å². The monoisotopic (exact) mass is 215 g/mol. The van der Waals surface area contributed by atoms with Gasteiger partial charge in [-0.2, -0.15) is 0 Å². The number of likely N-dealkylation sites (tertiary alicyclic amines) is 1. The van der Waals surface area contributed by atoms with Crippen molar-refractivity contribution in [2.45, 2.75) is 18.9 Å². The molecule has 0 radical (unpaired) electrons. The molecule has 1 saturated heterocycles. The number of hydrogen-bond donors (Lipinski definition) is 0. The molecule has 84 valence electrons. The summed E-state index contributed by atoms with van der Waals surface area (Å²) in [6.07, 6.45) is 1.21. The van der Waals surface area contributed by atoms with E-state index < -0.39 is 23.9 Å². The maximum atomic E-state index is 11.5. The van der Waals surface area contributed by atoms with Gasteiger partial charge in [0.1, 0.15) is 6.04 Å². The van der Waals surface area contributed by atoms with Crippen molar-refractivity contribution in [3.63, 3.8) is 0 Å². The van der Waals surface area contributed by atoms with Crippen molar-refractivity contribution < 1.29 is 23.9 Å². The van der Waals surface area contributed by atoms with E-state index >= 15 is 0 Å². The summed E-state index contributed by atoms with van der Waals surface area (Å²) in [6, 6.07) is -0.651. The summed E-state index contributed by atoms with van der Waals surface area (Å²) in [4.78, 5) is 34.9. The summed E-state index contributed by atoms with van der Waals surface area (Å²) < 4.78 is 8.85. The van der Waals surface area contributed by atoms with Crippen LogP contribution in [0.2, 0.25) is 0 Å². The quantitative estimate of drug-likeness (QED) is 0.428. The highest BCUT2D eigenvalue weighted by Gasteiger charge is 2.37. The predicted molar refractivity (Wildman–Crippen MR) is 48.8 cm³/mol. The van der Waals surface area contributed by atoms with Crippen LogP contribution in [0.3, 0.4) is 0 Å². The molecule has 6 nitrogen and oxygen atoms in total. The minimum Gasteiger partial charge on any atom is -0.467 e. The van der Waals surface area contributed by atoms with Crippen LogP contribution in [-0.2, 0) is 23.9 Å². The van der Waals surface area contributed by atoms with Crippen molar-refractivity contribution in [1.82, 2.24) is 4.90 Å². The number of methoxy groups -OCH3 is 2. The van der Waals surface area contributed by atoms with Crippen LogP contribution in [0.4, 0.5) is 0 Å². The molecular weight excluding hydrogens is 202 g/mol. The van der Waals surface area contributed by atoms with Gasteiger partial charge in [-0.25, -0.2) is 9.59 Å². The molecule has 0 aliphatic carbocycles. The molecule has 15 heavy (non-hydrogen) atoms. The van der Waals surface area contributed by atoms with E-state index in [9.17, 15) is 14.4 Å². The fraction of sp³-hybridized carbons (Fsp3) is 0.667. The van der Waals surface area contributed by atoms with Gasteiger partial charge in [-0.1, -0.05) is 0 Å². The van der Waals surface area contributed by atoms with Crippen LogP contribution in [-0.4, -0.2) is 49.6 Å². The van der Waals surface area contributed by atoms with Crippen molar-refractivity contribution in [2.75, 3.05) is 20.8 Å². The Morgan fingerprint density at radius 1 is 1.20 bits per heavy atom. The van der Waals surface area contributed by atoms with E-state index in [2.05, 4.69) is 9.47 Å². The van der Waals surface area contributed by atoms with E-state index in [0.29, 0.717) is 19.4 Å². The van der Waals surface area contributed by atoms with Crippen LogP contribution in [0.25, 0.3) is 0 Å². The number of esters is 2. The summed E-state index contributed by atoms with van der Waals surface area (Å²) in [6.45, 7) is 0.383. The standard InChI is InChI=1S/C9H13NO5/c1-14-8(12)6-4-3-5-10(6)7(11)9(13)15-2/h6H,3-5H2,1-2H3/t6-/m1/s1. The minimum absolute atomic E-state index is 0.383. The summed E-state index contributed by atoms with van der Waals surface area (Å²) >= 11 is 0. The normalized spacial score (nSPS) is 19.9. The molecule has 6 heteroatoms. The molecule has 1 atom stereocenters. The molecule has 0 saturated carbocycles. The molecular formula is C9H13NO5. The summed E-state index contributed by atoms with van der Waals surface area (Å²) in [5, 5.41) is 0. The summed E-state index contributed by atoms with van der Waals surface area (Å²) in [5.41, 5.74) is 0. The Labute approximate surface area is 87.1 Å². The molecule has 1 fully saturated rings. The maximum absolute atomic E-state index is 11.5. The van der Waals surface area contributed by atoms with Crippen LogP contribution in [0.15, 0.2) is 0 Å². The first kappa shape index (κ1) is 11.5. The van der Waals surface area contributed by atoms with E-state index in [1.807, 2.05) is 0 Å². The fourth-order valence-electron chi connectivity index (χ4n) is 1.60. The largest absolute Gasteiger partial charge is 0.467 e. The number of carbonyl (C=O) groups is 3. The van der Waals surface area contributed by atoms with Crippen LogP contribution in [0, 0.1) is 0 Å². The first-order valence-corrected chi connectivity index (χ1v) is 4.58. The first-order valence-electron chi connectivity index (χ1n) is 4.58. The predicted octanol–water partition coefficient (Wildman–Crippen LogP) is -0.677. The first-order chi connectivity index (χ1) is 7.11. The Hall–Kier alpha value is -1.59. The van der Waals surface area contributed by atoms with Crippen molar-refractivity contribution in [3.8, 4) is 0 Å². The molecule has 1 aliphatic heterocycles. The lowest BCUT2D eigenvalue weighted by molar-refractivity contribution is -0.161. The van der Waals surface area contributed by atoms with Gasteiger partial charge in [-0.05, 0) is 12.8 Å². The molecule has 1 rings (SSSR count). The summed E-state index contributed by atoms with van der Waals surface area (Å²) in [7, 11) is 2.38. The third-order valence-electron chi connectivity index (χ3n) is 2.35. The average Bonchev–Trinajstić information content (AvgIpc) is 2.74. The van der Waals surface area contributed by atoms with Gasteiger partial charge in [-0.3, -0.25) is 4.79 Å². The van der Waals surface area contributed by atoms with Gasteiger partial charge < -0.3 is 14.4 Å². The van der Waals surface area contributed by atoms with E-state index in [0.717, 1.165) is 7.11 Å². The third kappa shape index (κ3) is 2.26. The Balaban J connectivity index is 2.72. The number of hydrogen-bond acceptors (Lipinski definition) is 5. The van der Waals surface area contributed by atoms with Gasteiger partial charge in [0.05, 0.1) is 14.2 Å². The number of rotatable bonds is 1. The van der Waals surface area contributed by atoms with Crippen LogP contribution in [0.5, 0.6) is 0 Å². The second kappa shape index (κ2) is 4.77. The highest BCUT2D eigenvalue weighted by atomic mass is 16.5. The zero-order valence-electron chi connectivity index (χ0n) is 8.69. The molecule has 0 N–H and O–H groups in total. The second-order valence-electron chi connectivity index (χ2n) is 3.17. The molecule has 0 bridgehead atoms. The highest BCUT2D eigenvalue weighted by Crippen LogP contribution is 2.18. The fourth-order valence-corrected chi connectivity index (χ4v) is 1.60. The molecule has 0 aromatic rings. The Morgan fingerprint density at radius 3 is 2.40 bits per heavy atom. The van der Waals surface area contributed by atoms with Crippen LogP contribution in [0.1, 0.15) is 12.8 Å². The maximum Gasteiger partial charge on any atom is 0.396 e. The van der Waals surface area contributed by atoms with E-state index in [4.69, 9.17) is 0 Å².